The molecular weight excluding hydrogens is 428 g/mol. The zero-order valence-corrected chi connectivity index (χ0v) is 18.4. The summed E-state index contributed by atoms with van der Waals surface area (Å²) in [6.45, 7) is 4.58. The summed E-state index contributed by atoms with van der Waals surface area (Å²) >= 11 is 0. The van der Waals surface area contributed by atoms with Gasteiger partial charge in [-0.1, -0.05) is 36.4 Å². The monoisotopic (exact) mass is 450 g/mol. The lowest BCUT2D eigenvalue weighted by molar-refractivity contribution is 0.163. The van der Waals surface area contributed by atoms with Gasteiger partial charge in [-0.2, -0.15) is 8.42 Å². The zero-order chi connectivity index (χ0) is 22.5. The van der Waals surface area contributed by atoms with Crippen molar-refractivity contribution in [2.24, 2.45) is 0 Å². The summed E-state index contributed by atoms with van der Waals surface area (Å²) in [7, 11) is -3.82. The van der Waals surface area contributed by atoms with Gasteiger partial charge >= 0.3 is 10.2 Å². The van der Waals surface area contributed by atoms with Gasteiger partial charge in [0.2, 0.25) is 5.88 Å². The highest BCUT2D eigenvalue weighted by atomic mass is 32.2. The summed E-state index contributed by atoms with van der Waals surface area (Å²) in [6, 6.07) is 19.0. The number of nitrogens with zero attached hydrogens (tertiary/aromatic N) is 1. The van der Waals surface area contributed by atoms with E-state index in [1.807, 2.05) is 22.9 Å². The fraction of sp³-hybridized carbons (Fsp3) is 0.167. The number of ether oxygens (including phenoxy) is 2. The Morgan fingerprint density at radius 3 is 2.38 bits per heavy atom. The maximum atomic E-state index is 12.0. The number of aryl methyl sites for hydroxylation is 2. The Morgan fingerprint density at radius 1 is 1.03 bits per heavy atom. The number of benzene rings is 3. The molecule has 3 aromatic carbocycles. The third kappa shape index (κ3) is 3.42. The summed E-state index contributed by atoms with van der Waals surface area (Å²) in [4.78, 5) is 0. The second kappa shape index (κ2) is 7.49. The number of aliphatic hydroxyl groups excluding tert-OH is 1. The molecule has 5 rings (SSSR count). The first-order chi connectivity index (χ1) is 15.3. The van der Waals surface area contributed by atoms with Crippen molar-refractivity contribution in [2.75, 3.05) is 10.9 Å². The molecule has 0 saturated heterocycles. The number of anilines is 1. The van der Waals surface area contributed by atoms with Gasteiger partial charge in [-0.25, -0.2) is 9.03 Å². The van der Waals surface area contributed by atoms with Crippen LogP contribution in [0.25, 0.3) is 11.1 Å². The van der Waals surface area contributed by atoms with Crippen LogP contribution < -0.4 is 18.5 Å². The van der Waals surface area contributed by atoms with Gasteiger partial charge in [0, 0.05) is 11.1 Å². The minimum absolute atomic E-state index is 0.277. The van der Waals surface area contributed by atoms with E-state index >= 15 is 0 Å². The lowest BCUT2D eigenvalue weighted by Gasteiger charge is -2.16. The molecule has 2 aliphatic rings. The van der Waals surface area contributed by atoms with Crippen LogP contribution in [-0.4, -0.2) is 20.1 Å². The molecular formula is C24H22N2O5S. The zero-order valence-electron chi connectivity index (χ0n) is 17.6. The van der Waals surface area contributed by atoms with Gasteiger partial charge in [-0.05, 0) is 54.8 Å². The Bertz CT molecular complexity index is 1310. The number of hydrogen-bond acceptors (Lipinski definition) is 5. The summed E-state index contributed by atoms with van der Waals surface area (Å²) < 4.78 is 39.3. The van der Waals surface area contributed by atoms with Crippen molar-refractivity contribution < 1.29 is 23.0 Å². The smallest absolute Gasteiger partial charge is 0.330 e. The maximum Gasteiger partial charge on any atom is 0.330 e. The highest BCUT2D eigenvalue weighted by Gasteiger charge is 2.30. The van der Waals surface area contributed by atoms with Gasteiger partial charge in [0.25, 0.3) is 0 Å². The standard InChI is InChI=1S/C24H22N2O5S/c1-15-5-3-6-16(2)23(15)20-8-4-7-19-21(14-30-24(19)20)31-18-11-9-17(10-12-18)26-13-22(27)25-32(26,28)29/h3-13,21,25,27H,14H2,1-2H3/t21-/m1/s1. The first-order valence-electron chi connectivity index (χ1n) is 10.2. The number of para-hydroxylation sites is 1. The second-order valence-electron chi connectivity index (χ2n) is 7.82. The van der Waals surface area contributed by atoms with Crippen molar-refractivity contribution in [2.45, 2.75) is 20.0 Å². The van der Waals surface area contributed by atoms with Gasteiger partial charge in [0.1, 0.15) is 18.1 Å². The summed E-state index contributed by atoms with van der Waals surface area (Å²) in [5.74, 6) is 0.997. The molecule has 0 fully saturated rings. The van der Waals surface area contributed by atoms with E-state index < -0.39 is 16.1 Å². The van der Waals surface area contributed by atoms with Gasteiger partial charge < -0.3 is 14.6 Å². The van der Waals surface area contributed by atoms with Gasteiger partial charge in [-0.3, -0.25) is 0 Å². The first-order valence-corrected chi connectivity index (χ1v) is 11.6. The lowest BCUT2D eigenvalue weighted by atomic mass is 9.93. The Hall–Kier alpha value is -3.65. The van der Waals surface area contributed by atoms with E-state index in [2.05, 4.69) is 32.0 Å². The lowest BCUT2D eigenvalue weighted by Crippen LogP contribution is -2.29. The number of aliphatic hydroxyl groups is 1. The van der Waals surface area contributed by atoms with Crippen molar-refractivity contribution in [3.63, 3.8) is 0 Å². The average molecular weight is 451 g/mol. The van der Waals surface area contributed by atoms with E-state index in [1.165, 1.54) is 16.7 Å². The summed E-state index contributed by atoms with van der Waals surface area (Å²) in [5, 5.41) is 9.46. The van der Waals surface area contributed by atoms with Crippen LogP contribution in [0.15, 0.2) is 72.7 Å². The molecule has 164 valence electrons. The van der Waals surface area contributed by atoms with E-state index in [4.69, 9.17) is 9.47 Å². The van der Waals surface area contributed by atoms with Crippen LogP contribution in [0, 0.1) is 13.8 Å². The fourth-order valence-electron chi connectivity index (χ4n) is 4.19. The minimum atomic E-state index is -3.82. The first kappa shape index (κ1) is 20.3. The number of nitrogens with one attached hydrogen (secondary N) is 1. The second-order valence-corrected chi connectivity index (χ2v) is 9.37. The maximum absolute atomic E-state index is 12.0. The molecule has 32 heavy (non-hydrogen) atoms. The van der Waals surface area contributed by atoms with Crippen LogP contribution in [0.2, 0.25) is 0 Å². The van der Waals surface area contributed by atoms with Gasteiger partial charge in [0.05, 0.1) is 11.9 Å². The molecule has 0 bridgehead atoms. The molecule has 0 unspecified atom stereocenters. The average Bonchev–Trinajstić information content (AvgIpc) is 3.28. The Labute approximate surface area is 186 Å². The van der Waals surface area contributed by atoms with Crippen LogP contribution in [0.3, 0.4) is 0 Å². The van der Waals surface area contributed by atoms with E-state index in [9.17, 15) is 13.5 Å². The molecule has 7 nitrogen and oxygen atoms in total. The Morgan fingerprint density at radius 2 is 1.72 bits per heavy atom. The van der Waals surface area contributed by atoms with Gasteiger partial charge in [-0.15, -0.1) is 0 Å². The molecule has 0 amide bonds. The number of hydrogen-bond donors (Lipinski definition) is 2. The Balaban J connectivity index is 1.41. The third-order valence-electron chi connectivity index (χ3n) is 5.62. The SMILES string of the molecule is Cc1cccc(C)c1-c1cccc2c1OC[C@H]2Oc1ccc(N2C=C(O)NS2(=O)=O)cc1. The van der Waals surface area contributed by atoms with Crippen molar-refractivity contribution in [1.82, 2.24) is 4.72 Å². The van der Waals surface area contributed by atoms with Crippen LogP contribution in [0.4, 0.5) is 5.69 Å². The molecule has 0 spiro atoms. The molecule has 3 aromatic rings. The highest BCUT2D eigenvalue weighted by molar-refractivity contribution is 7.91. The quantitative estimate of drug-likeness (QED) is 0.611. The van der Waals surface area contributed by atoms with Crippen molar-refractivity contribution in [1.29, 1.82) is 0 Å². The molecule has 2 aliphatic heterocycles. The molecule has 0 aromatic heterocycles. The molecule has 0 saturated carbocycles. The molecule has 8 heteroatoms. The van der Waals surface area contributed by atoms with E-state index in [1.54, 1.807) is 24.3 Å². The normalized spacial score (nSPS) is 18.5. The Kier molecular flexibility index (Phi) is 4.74. The fourth-order valence-corrected chi connectivity index (χ4v) is 5.24. The van der Waals surface area contributed by atoms with E-state index in [-0.39, 0.29) is 6.10 Å². The van der Waals surface area contributed by atoms with Gasteiger partial charge in [0.15, 0.2) is 6.10 Å². The van der Waals surface area contributed by atoms with Crippen LogP contribution >= 0.6 is 0 Å². The predicted octanol–water partition coefficient (Wildman–Crippen LogP) is 4.49. The molecule has 2 heterocycles. The van der Waals surface area contributed by atoms with Crippen molar-refractivity contribution >= 4 is 15.9 Å². The van der Waals surface area contributed by atoms with Crippen LogP contribution in [0.1, 0.15) is 22.8 Å². The van der Waals surface area contributed by atoms with E-state index in [0.29, 0.717) is 18.0 Å². The van der Waals surface area contributed by atoms with Crippen molar-refractivity contribution in [3.8, 4) is 22.6 Å². The molecule has 0 radical (unpaired) electrons. The highest BCUT2D eigenvalue weighted by Crippen LogP contribution is 2.44. The summed E-state index contributed by atoms with van der Waals surface area (Å²) in [5.41, 5.74) is 5.97. The number of rotatable bonds is 4. The molecule has 1 atom stereocenters. The molecule has 2 N–H and O–H groups in total. The minimum Gasteiger partial charge on any atom is -0.493 e. The topological polar surface area (TPSA) is 88.1 Å². The van der Waals surface area contributed by atoms with Crippen LogP contribution in [0.5, 0.6) is 11.5 Å². The predicted molar refractivity (Wildman–Crippen MR) is 122 cm³/mol. The van der Waals surface area contributed by atoms with E-state index in [0.717, 1.165) is 27.4 Å². The summed E-state index contributed by atoms with van der Waals surface area (Å²) in [6.07, 6.45) is 0.836. The third-order valence-corrected chi connectivity index (χ3v) is 6.92. The largest absolute Gasteiger partial charge is 0.493 e. The number of fused-ring (bicyclic) bond motifs is 1. The molecule has 0 aliphatic carbocycles. The van der Waals surface area contributed by atoms with Crippen molar-refractivity contribution in [3.05, 3.63) is 89.4 Å². The van der Waals surface area contributed by atoms with Crippen LogP contribution in [-0.2, 0) is 10.2 Å².